The van der Waals surface area contributed by atoms with Crippen molar-refractivity contribution < 1.29 is 23.9 Å². The summed E-state index contributed by atoms with van der Waals surface area (Å²) in [5, 5.41) is 0. The lowest BCUT2D eigenvalue weighted by atomic mass is 10.1. The Labute approximate surface area is 161 Å². The van der Waals surface area contributed by atoms with E-state index >= 15 is 0 Å². The number of ether oxygens (including phenoxy) is 2. The summed E-state index contributed by atoms with van der Waals surface area (Å²) in [4.78, 5) is 40.0. The van der Waals surface area contributed by atoms with E-state index in [0.717, 1.165) is 16.7 Å². The van der Waals surface area contributed by atoms with Gasteiger partial charge < -0.3 is 9.47 Å². The maximum absolute atomic E-state index is 12.9. The number of amides is 3. The van der Waals surface area contributed by atoms with Crippen molar-refractivity contribution in [3.05, 3.63) is 71.3 Å². The van der Waals surface area contributed by atoms with Gasteiger partial charge in [0.1, 0.15) is 24.8 Å². The molecule has 0 aromatic heterocycles. The highest BCUT2D eigenvalue weighted by Gasteiger charge is 2.56. The van der Waals surface area contributed by atoms with E-state index in [2.05, 4.69) is 0 Å². The van der Waals surface area contributed by atoms with Crippen molar-refractivity contribution in [1.82, 2.24) is 9.80 Å². The van der Waals surface area contributed by atoms with Crippen molar-refractivity contribution in [1.29, 1.82) is 0 Å². The van der Waals surface area contributed by atoms with E-state index in [1.54, 1.807) is 0 Å². The molecule has 3 amide bonds. The summed E-state index contributed by atoms with van der Waals surface area (Å²) in [5.41, 5.74) is 2.89. The summed E-state index contributed by atoms with van der Waals surface area (Å²) < 4.78 is 10.7. The van der Waals surface area contributed by atoms with Gasteiger partial charge in [-0.15, -0.1) is 0 Å². The Bertz CT molecular complexity index is 960. The van der Waals surface area contributed by atoms with E-state index in [1.807, 2.05) is 54.6 Å². The van der Waals surface area contributed by atoms with Crippen LogP contribution in [-0.2, 0) is 27.3 Å². The normalized spacial score (nSPS) is 24.4. The Hall–Kier alpha value is -3.35. The van der Waals surface area contributed by atoms with Gasteiger partial charge in [-0.05, 0) is 16.7 Å². The lowest BCUT2D eigenvalue weighted by Crippen LogP contribution is -2.39. The number of nitrogens with zero attached hydrogens (tertiary/aromatic N) is 2. The second kappa shape index (κ2) is 6.37. The maximum atomic E-state index is 12.9. The SMILES string of the molecule is O=C(OCc1ccccc1)N1C[C@H]1C(=O)N1C(=O)O[C@@H]2Cc3ccccc3[C@@H]21. The molecule has 2 aromatic carbocycles. The van der Waals surface area contributed by atoms with Crippen LogP contribution in [0.2, 0.25) is 0 Å². The molecule has 2 fully saturated rings. The van der Waals surface area contributed by atoms with Gasteiger partial charge in [-0.3, -0.25) is 9.69 Å². The van der Waals surface area contributed by atoms with Gasteiger partial charge >= 0.3 is 12.2 Å². The van der Waals surface area contributed by atoms with E-state index in [1.165, 1.54) is 9.80 Å². The molecular formula is C21H18N2O5. The molecule has 0 bridgehead atoms. The first kappa shape index (κ1) is 16.8. The molecule has 0 N–H and O–H groups in total. The predicted molar refractivity (Wildman–Crippen MR) is 97.1 cm³/mol. The molecule has 7 nitrogen and oxygen atoms in total. The second-order valence-electron chi connectivity index (χ2n) is 7.19. The molecule has 2 heterocycles. The third-order valence-electron chi connectivity index (χ3n) is 5.45. The monoisotopic (exact) mass is 378 g/mol. The van der Waals surface area contributed by atoms with Crippen molar-refractivity contribution in [3.63, 3.8) is 0 Å². The largest absolute Gasteiger partial charge is 0.445 e. The van der Waals surface area contributed by atoms with Crippen LogP contribution in [0.1, 0.15) is 22.7 Å². The summed E-state index contributed by atoms with van der Waals surface area (Å²) >= 11 is 0. The van der Waals surface area contributed by atoms with Crippen LogP contribution in [-0.4, -0.2) is 46.6 Å². The van der Waals surface area contributed by atoms with Crippen molar-refractivity contribution in [2.75, 3.05) is 6.54 Å². The van der Waals surface area contributed by atoms with Gasteiger partial charge in [-0.2, -0.15) is 0 Å². The fraction of sp³-hybridized carbons (Fsp3) is 0.286. The molecule has 142 valence electrons. The fourth-order valence-electron chi connectivity index (χ4n) is 3.99. The lowest BCUT2D eigenvalue weighted by molar-refractivity contribution is -0.129. The van der Waals surface area contributed by atoms with Crippen LogP contribution in [0, 0.1) is 0 Å². The fourth-order valence-corrected chi connectivity index (χ4v) is 3.99. The molecule has 0 unspecified atom stereocenters. The van der Waals surface area contributed by atoms with Crippen molar-refractivity contribution in [2.24, 2.45) is 0 Å². The molecule has 28 heavy (non-hydrogen) atoms. The van der Waals surface area contributed by atoms with E-state index in [-0.39, 0.29) is 19.3 Å². The second-order valence-corrected chi connectivity index (χ2v) is 7.19. The number of carbonyl (C=O) groups is 3. The van der Waals surface area contributed by atoms with Gasteiger partial charge in [0, 0.05) is 6.42 Å². The van der Waals surface area contributed by atoms with Gasteiger partial charge in [-0.25, -0.2) is 14.5 Å². The number of rotatable bonds is 3. The van der Waals surface area contributed by atoms with Gasteiger partial charge in [0.05, 0.1) is 6.54 Å². The van der Waals surface area contributed by atoms with Crippen LogP contribution >= 0.6 is 0 Å². The Morgan fingerprint density at radius 2 is 1.82 bits per heavy atom. The molecular weight excluding hydrogens is 360 g/mol. The highest BCUT2D eigenvalue weighted by atomic mass is 16.6. The number of fused-ring (bicyclic) bond motifs is 3. The molecule has 3 aliphatic rings. The topological polar surface area (TPSA) is 75.9 Å². The first-order valence-corrected chi connectivity index (χ1v) is 9.22. The quantitative estimate of drug-likeness (QED) is 0.768. The number of imide groups is 1. The lowest BCUT2D eigenvalue weighted by Gasteiger charge is -2.19. The molecule has 0 radical (unpaired) electrons. The molecule has 7 heteroatoms. The van der Waals surface area contributed by atoms with Gasteiger partial charge in [0.25, 0.3) is 5.91 Å². The summed E-state index contributed by atoms with van der Waals surface area (Å²) in [6, 6.07) is 15.9. The maximum Gasteiger partial charge on any atom is 0.417 e. The highest BCUT2D eigenvalue weighted by Crippen LogP contribution is 2.43. The van der Waals surface area contributed by atoms with Crippen molar-refractivity contribution in [3.8, 4) is 0 Å². The summed E-state index contributed by atoms with van der Waals surface area (Å²) in [5.74, 6) is -0.411. The molecule has 5 rings (SSSR count). The van der Waals surface area contributed by atoms with Gasteiger partial charge in [0.2, 0.25) is 0 Å². The van der Waals surface area contributed by atoms with Gasteiger partial charge in [0.15, 0.2) is 0 Å². The molecule has 0 saturated carbocycles. The minimum Gasteiger partial charge on any atom is -0.445 e. The zero-order valence-electron chi connectivity index (χ0n) is 15.0. The van der Waals surface area contributed by atoms with E-state index in [9.17, 15) is 14.4 Å². The number of hydrogen-bond acceptors (Lipinski definition) is 5. The molecule has 0 spiro atoms. The zero-order valence-corrected chi connectivity index (χ0v) is 15.0. The number of benzene rings is 2. The van der Waals surface area contributed by atoms with Crippen LogP contribution < -0.4 is 0 Å². The van der Waals surface area contributed by atoms with Crippen LogP contribution in [0.4, 0.5) is 9.59 Å². The summed E-state index contributed by atoms with van der Waals surface area (Å²) in [6.07, 6.45) is -0.952. The molecule has 2 aromatic rings. The highest BCUT2D eigenvalue weighted by molar-refractivity contribution is 6.00. The third-order valence-corrected chi connectivity index (χ3v) is 5.45. The van der Waals surface area contributed by atoms with Crippen LogP contribution in [0.5, 0.6) is 0 Å². The number of hydrogen-bond donors (Lipinski definition) is 0. The minimum atomic E-state index is -0.678. The minimum absolute atomic E-state index is 0.140. The van der Waals surface area contributed by atoms with Crippen LogP contribution in [0.25, 0.3) is 0 Å². The zero-order chi connectivity index (χ0) is 19.3. The smallest absolute Gasteiger partial charge is 0.417 e. The Balaban J connectivity index is 1.26. The van der Waals surface area contributed by atoms with Gasteiger partial charge in [-0.1, -0.05) is 54.6 Å². The summed E-state index contributed by atoms with van der Waals surface area (Å²) in [7, 11) is 0. The Kier molecular flexibility index (Phi) is 3.82. The average Bonchev–Trinajstić information content (AvgIpc) is 3.35. The predicted octanol–water partition coefficient (Wildman–Crippen LogP) is 2.65. The van der Waals surface area contributed by atoms with E-state index < -0.39 is 30.2 Å². The molecule has 1 aliphatic carbocycles. The average molecular weight is 378 g/mol. The number of carbonyl (C=O) groups excluding carboxylic acids is 3. The van der Waals surface area contributed by atoms with Crippen molar-refractivity contribution >= 4 is 18.1 Å². The van der Waals surface area contributed by atoms with Crippen LogP contribution in [0.15, 0.2) is 54.6 Å². The van der Waals surface area contributed by atoms with Crippen LogP contribution in [0.3, 0.4) is 0 Å². The van der Waals surface area contributed by atoms with E-state index in [4.69, 9.17) is 9.47 Å². The third kappa shape index (κ3) is 2.70. The molecule has 2 saturated heterocycles. The molecule has 3 atom stereocenters. The standard InChI is InChI=1S/C21H18N2O5/c24-19(16-11-22(16)20(25)27-12-13-6-2-1-3-7-13)23-18-15-9-5-4-8-14(15)10-17(18)28-21(23)26/h1-9,16-18H,10-12H2/t16-,17+,18-,22?/m0/s1. The molecule has 2 aliphatic heterocycles. The Morgan fingerprint density at radius 1 is 1.07 bits per heavy atom. The first-order valence-electron chi connectivity index (χ1n) is 9.22. The summed E-state index contributed by atoms with van der Waals surface area (Å²) in [6.45, 7) is 0.385. The first-order chi connectivity index (χ1) is 13.6. The van der Waals surface area contributed by atoms with E-state index in [0.29, 0.717) is 6.42 Å². The van der Waals surface area contributed by atoms with Crippen molar-refractivity contribution in [2.45, 2.75) is 31.2 Å². The Morgan fingerprint density at radius 3 is 2.64 bits per heavy atom.